The number of hydrogen-bond donors (Lipinski definition) is 2. The molecule has 0 spiro atoms. The molecule has 0 aromatic heterocycles. The van der Waals surface area contributed by atoms with Gasteiger partial charge >= 0.3 is 11.9 Å². The molecule has 1 unspecified atom stereocenters. The van der Waals surface area contributed by atoms with E-state index in [1.54, 1.807) is 42.6 Å². The van der Waals surface area contributed by atoms with Crippen LogP contribution in [0.5, 0.6) is 0 Å². The molecule has 0 saturated heterocycles. The first-order chi connectivity index (χ1) is 12.1. The second-order valence-electron chi connectivity index (χ2n) is 5.35. The van der Waals surface area contributed by atoms with Crippen LogP contribution in [0.4, 0.5) is 0 Å². The minimum absolute atomic E-state index is 0.0913. The van der Waals surface area contributed by atoms with Gasteiger partial charge in [-0.25, -0.2) is 4.79 Å². The van der Waals surface area contributed by atoms with Crippen LogP contribution in [-0.4, -0.2) is 31.1 Å². The number of nitrogens with two attached hydrogens (primary N) is 1. The van der Waals surface area contributed by atoms with Crippen molar-refractivity contribution in [2.24, 2.45) is 5.73 Å². The summed E-state index contributed by atoms with van der Waals surface area (Å²) in [6.45, 7) is 5.76. The third-order valence-corrected chi connectivity index (χ3v) is 3.26. The van der Waals surface area contributed by atoms with Gasteiger partial charge in [0.25, 0.3) is 0 Å². The Morgan fingerprint density at radius 2 is 2.04 bits per heavy atom. The number of unbranched alkanes of at least 4 members (excludes halogenated alkanes) is 1. The van der Waals surface area contributed by atoms with Crippen molar-refractivity contribution in [1.82, 2.24) is 5.32 Å². The maximum Gasteiger partial charge on any atom is 0.352 e. The number of esters is 2. The van der Waals surface area contributed by atoms with Gasteiger partial charge in [-0.2, -0.15) is 0 Å². The molecule has 0 bridgehead atoms. The highest BCUT2D eigenvalue weighted by molar-refractivity contribution is 5.81. The third kappa shape index (κ3) is 8.17. The third-order valence-electron chi connectivity index (χ3n) is 3.26. The average molecular weight is 346 g/mol. The van der Waals surface area contributed by atoms with Crippen molar-refractivity contribution in [3.8, 4) is 0 Å². The second-order valence-corrected chi connectivity index (χ2v) is 5.35. The van der Waals surface area contributed by atoms with Crippen LogP contribution < -0.4 is 11.1 Å². The molecular formula is C19H26N2O4. The Morgan fingerprint density at radius 3 is 2.68 bits per heavy atom. The van der Waals surface area contributed by atoms with E-state index in [2.05, 4.69) is 11.9 Å². The molecule has 3 N–H and O–H groups in total. The molecule has 1 rings (SSSR count). The summed E-state index contributed by atoms with van der Waals surface area (Å²) in [6, 6.07) is 8.50. The summed E-state index contributed by atoms with van der Waals surface area (Å²) in [7, 11) is 0. The Bertz CT molecular complexity index is 572. The first kappa shape index (κ1) is 20.4. The smallest absolute Gasteiger partial charge is 0.352 e. The first-order valence-electron chi connectivity index (χ1n) is 8.27. The van der Waals surface area contributed by atoms with Crippen LogP contribution in [0.25, 0.3) is 0 Å². The summed E-state index contributed by atoms with van der Waals surface area (Å²) in [5.41, 5.74) is 6.19. The lowest BCUT2D eigenvalue weighted by Gasteiger charge is -2.17. The zero-order valence-corrected chi connectivity index (χ0v) is 14.5. The lowest BCUT2D eigenvalue weighted by atomic mass is 10.1. The Labute approximate surface area is 148 Å². The lowest BCUT2D eigenvalue weighted by Crippen LogP contribution is -2.27. The van der Waals surface area contributed by atoms with Crippen molar-refractivity contribution >= 4 is 11.9 Å². The average Bonchev–Trinajstić information content (AvgIpc) is 2.63. The number of benzene rings is 1. The molecule has 25 heavy (non-hydrogen) atoms. The molecule has 6 heteroatoms. The SMILES string of the molecule is C=CC(N)/C=C\NCC(=O)O[C@@H](C(=O)OCCCC)c1ccccc1. The monoisotopic (exact) mass is 346 g/mol. The molecule has 0 saturated carbocycles. The summed E-state index contributed by atoms with van der Waals surface area (Å²) < 4.78 is 10.5. The molecule has 0 heterocycles. The van der Waals surface area contributed by atoms with E-state index in [-0.39, 0.29) is 12.6 Å². The molecule has 0 aliphatic heterocycles. The maximum atomic E-state index is 12.3. The van der Waals surface area contributed by atoms with Crippen LogP contribution >= 0.6 is 0 Å². The standard InChI is InChI=1S/C19H26N2O4/c1-3-5-13-24-19(23)18(15-9-7-6-8-10-15)25-17(22)14-21-12-11-16(20)4-2/h4,6-12,16,18,21H,2-3,5,13-14,20H2,1H3/b12-11-/t16?,18-/m1/s1. The van der Waals surface area contributed by atoms with Crippen molar-refractivity contribution in [2.45, 2.75) is 31.9 Å². The predicted molar refractivity (Wildman–Crippen MR) is 96.5 cm³/mol. The Morgan fingerprint density at radius 1 is 1.32 bits per heavy atom. The molecule has 0 fully saturated rings. The lowest BCUT2D eigenvalue weighted by molar-refractivity contribution is -0.168. The van der Waals surface area contributed by atoms with Crippen molar-refractivity contribution in [2.75, 3.05) is 13.2 Å². The van der Waals surface area contributed by atoms with Gasteiger partial charge in [-0.15, -0.1) is 6.58 Å². The van der Waals surface area contributed by atoms with Crippen LogP contribution in [0.2, 0.25) is 0 Å². The number of rotatable bonds is 11. The molecule has 0 radical (unpaired) electrons. The van der Waals surface area contributed by atoms with E-state index in [1.165, 1.54) is 0 Å². The Hall–Kier alpha value is -2.60. The van der Waals surface area contributed by atoms with Crippen LogP contribution in [0.15, 0.2) is 55.3 Å². The second kappa shape index (κ2) is 11.9. The van der Waals surface area contributed by atoms with Crippen molar-refractivity contribution in [1.29, 1.82) is 0 Å². The van der Waals surface area contributed by atoms with Gasteiger partial charge in [0, 0.05) is 11.6 Å². The molecule has 0 aliphatic carbocycles. The molecule has 1 aromatic carbocycles. The zero-order valence-electron chi connectivity index (χ0n) is 14.5. The largest absolute Gasteiger partial charge is 0.463 e. The van der Waals surface area contributed by atoms with Gasteiger partial charge in [0.05, 0.1) is 6.61 Å². The number of carbonyl (C=O) groups is 2. The minimum atomic E-state index is -1.08. The molecule has 1 aromatic rings. The molecule has 0 amide bonds. The van der Waals surface area contributed by atoms with Crippen molar-refractivity contribution in [3.63, 3.8) is 0 Å². The van der Waals surface area contributed by atoms with E-state index in [0.29, 0.717) is 12.2 Å². The van der Waals surface area contributed by atoms with Crippen molar-refractivity contribution < 1.29 is 19.1 Å². The van der Waals surface area contributed by atoms with E-state index in [9.17, 15) is 9.59 Å². The van der Waals surface area contributed by atoms with Gasteiger partial charge in [0.1, 0.15) is 6.54 Å². The van der Waals surface area contributed by atoms with Crippen LogP contribution in [0.1, 0.15) is 31.4 Å². The fraction of sp³-hybridized carbons (Fsp3) is 0.368. The molecular weight excluding hydrogens is 320 g/mol. The van der Waals surface area contributed by atoms with E-state index in [1.807, 2.05) is 13.0 Å². The van der Waals surface area contributed by atoms with Gasteiger partial charge in [-0.05, 0) is 18.7 Å². The number of nitrogens with one attached hydrogen (secondary N) is 1. The molecule has 2 atom stereocenters. The first-order valence-corrected chi connectivity index (χ1v) is 8.27. The van der Waals surface area contributed by atoms with E-state index in [0.717, 1.165) is 12.8 Å². The van der Waals surface area contributed by atoms with Gasteiger partial charge in [-0.3, -0.25) is 4.79 Å². The minimum Gasteiger partial charge on any atom is -0.463 e. The van der Waals surface area contributed by atoms with Gasteiger partial charge in [0.2, 0.25) is 6.10 Å². The normalized spacial score (nSPS) is 13.0. The van der Waals surface area contributed by atoms with E-state index in [4.69, 9.17) is 15.2 Å². The quantitative estimate of drug-likeness (QED) is 0.363. The predicted octanol–water partition coefficient (Wildman–Crippen LogP) is 2.23. The number of carbonyl (C=O) groups excluding carboxylic acids is 2. The Kier molecular flexibility index (Phi) is 9.70. The summed E-state index contributed by atoms with van der Waals surface area (Å²) in [5, 5.41) is 2.76. The van der Waals surface area contributed by atoms with Gasteiger partial charge in [-0.1, -0.05) is 49.8 Å². The number of hydrogen-bond acceptors (Lipinski definition) is 6. The maximum absolute atomic E-state index is 12.3. The zero-order chi connectivity index (χ0) is 18.5. The summed E-state index contributed by atoms with van der Waals surface area (Å²) in [4.78, 5) is 24.2. The summed E-state index contributed by atoms with van der Waals surface area (Å²) >= 11 is 0. The highest BCUT2D eigenvalue weighted by Crippen LogP contribution is 2.19. The number of ether oxygens (including phenoxy) is 2. The van der Waals surface area contributed by atoms with Crippen LogP contribution in [0.3, 0.4) is 0 Å². The Balaban J connectivity index is 2.63. The van der Waals surface area contributed by atoms with E-state index < -0.39 is 18.0 Å². The summed E-state index contributed by atoms with van der Waals surface area (Å²) in [6.07, 6.45) is 5.35. The highest BCUT2D eigenvalue weighted by Gasteiger charge is 2.26. The van der Waals surface area contributed by atoms with Crippen LogP contribution in [0, 0.1) is 0 Å². The fourth-order valence-corrected chi connectivity index (χ4v) is 1.85. The fourth-order valence-electron chi connectivity index (χ4n) is 1.85. The van der Waals surface area contributed by atoms with Gasteiger partial charge < -0.3 is 20.5 Å². The highest BCUT2D eigenvalue weighted by atomic mass is 16.6. The van der Waals surface area contributed by atoms with Gasteiger partial charge in [0.15, 0.2) is 0 Å². The van der Waals surface area contributed by atoms with E-state index >= 15 is 0 Å². The van der Waals surface area contributed by atoms with Crippen molar-refractivity contribution in [3.05, 3.63) is 60.8 Å². The molecule has 6 nitrogen and oxygen atoms in total. The molecule has 136 valence electrons. The van der Waals surface area contributed by atoms with Crippen LogP contribution in [-0.2, 0) is 19.1 Å². The molecule has 0 aliphatic rings. The topological polar surface area (TPSA) is 90.6 Å². The summed E-state index contributed by atoms with van der Waals surface area (Å²) in [5.74, 6) is -1.14.